The molecule has 0 aliphatic carbocycles. The van der Waals surface area contributed by atoms with Gasteiger partial charge in [0, 0.05) is 13.8 Å². The highest BCUT2D eigenvalue weighted by Crippen LogP contribution is 2.14. The molecule has 3 atom stereocenters. The Balaban J connectivity index is 4.77. The van der Waals surface area contributed by atoms with Crippen LogP contribution in [0, 0.1) is 0 Å². The number of rotatable bonds is 7. The second kappa shape index (κ2) is 7.89. The Morgan fingerprint density at radius 3 is 2.12 bits per heavy atom. The van der Waals surface area contributed by atoms with Crippen LogP contribution in [0.3, 0.4) is 0 Å². The molecule has 0 aliphatic rings. The van der Waals surface area contributed by atoms with E-state index in [2.05, 4.69) is 4.74 Å². The first-order valence-electron chi connectivity index (χ1n) is 4.91. The summed E-state index contributed by atoms with van der Waals surface area (Å²) in [5.74, 6) is -1.23. The van der Waals surface area contributed by atoms with Crippen LogP contribution in [0.15, 0.2) is 0 Å². The first-order chi connectivity index (χ1) is 7.92. The Morgan fingerprint density at radius 1 is 1.24 bits per heavy atom. The predicted octanol–water partition coefficient (Wildman–Crippen LogP) is 0.650. The maximum atomic E-state index is 10.9. The summed E-state index contributed by atoms with van der Waals surface area (Å²) in [6.07, 6.45) is -2.56. The van der Waals surface area contributed by atoms with Crippen molar-refractivity contribution >= 4 is 30.0 Å². The van der Waals surface area contributed by atoms with Gasteiger partial charge in [0.25, 0.3) is 6.47 Å². The highest BCUT2D eigenvalue weighted by Gasteiger charge is 2.32. The van der Waals surface area contributed by atoms with E-state index in [1.807, 2.05) is 0 Å². The minimum absolute atomic E-state index is 0.0793. The van der Waals surface area contributed by atoms with E-state index in [1.165, 1.54) is 20.8 Å². The van der Waals surface area contributed by atoms with Crippen molar-refractivity contribution in [2.75, 3.05) is 5.88 Å². The van der Waals surface area contributed by atoms with Gasteiger partial charge >= 0.3 is 11.9 Å². The standard InChI is InChI=1S/C10H15ClO6/c1-6(15-5-12)10(17-8(3)14)9(4-11)16-7(2)13/h5-6,9-10H,4H2,1-3H3/t6-,9-,10-/m0/s1. The lowest BCUT2D eigenvalue weighted by molar-refractivity contribution is -0.176. The molecule has 7 heteroatoms. The van der Waals surface area contributed by atoms with E-state index in [4.69, 9.17) is 21.1 Å². The van der Waals surface area contributed by atoms with Gasteiger partial charge < -0.3 is 14.2 Å². The molecule has 0 saturated carbocycles. The summed E-state index contributed by atoms with van der Waals surface area (Å²) in [5.41, 5.74) is 0. The zero-order chi connectivity index (χ0) is 13.4. The van der Waals surface area contributed by atoms with Crippen LogP contribution in [-0.2, 0) is 28.6 Å². The second-order valence-electron chi connectivity index (χ2n) is 3.31. The Hall–Kier alpha value is -1.30. The highest BCUT2D eigenvalue weighted by molar-refractivity contribution is 6.18. The van der Waals surface area contributed by atoms with Crippen LogP contribution in [-0.4, -0.2) is 42.6 Å². The molecule has 0 fully saturated rings. The third-order valence-electron chi connectivity index (χ3n) is 1.87. The van der Waals surface area contributed by atoms with Crippen LogP contribution in [0.5, 0.6) is 0 Å². The summed E-state index contributed by atoms with van der Waals surface area (Å²) in [6, 6.07) is 0. The average Bonchev–Trinajstić information content (AvgIpc) is 2.22. The predicted molar refractivity (Wildman–Crippen MR) is 58.4 cm³/mol. The number of alkyl halides is 1. The molecular weight excluding hydrogens is 252 g/mol. The number of hydrogen-bond acceptors (Lipinski definition) is 6. The average molecular weight is 267 g/mol. The summed E-state index contributed by atoms with van der Waals surface area (Å²) in [6.45, 7) is 4.13. The largest absolute Gasteiger partial charge is 0.461 e. The van der Waals surface area contributed by atoms with Gasteiger partial charge in [-0.15, -0.1) is 11.6 Å². The normalized spacial score (nSPS) is 15.3. The molecule has 0 bridgehead atoms. The molecule has 0 radical (unpaired) electrons. The van der Waals surface area contributed by atoms with Crippen LogP contribution in [0.2, 0.25) is 0 Å². The van der Waals surface area contributed by atoms with Crippen molar-refractivity contribution < 1.29 is 28.6 Å². The van der Waals surface area contributed by atoms with Gasteiger partial charge in [-0.25, -0.2) is 0 Å². The smallest absolute Gasteiger partial charge is 0.303 e. The first kappa shape index (κ1) is 15.7. The van der Waals surface area contributed by atoms with Crippen molar-refractivity contribution in [3.8, 4) is 0 Å². The maximum Gasteiger partial charge on any atom is 0.303 e. The molecule has 0 saturated heterocycles. The van der Waals surface area contributed by atoms with E-state index in [0.717, 1.165) is 0 Å². The maximum absolute atomic E-state index is 10.9. The second-order valence-corrected chi connectivity index (χ2v) is 3.62. The monoisotopic (exact) mass is 266 g/mol. The van der Waals surface area contributed by atoms with Gasteiger partial charge in [-0.2, -0.15) is 0 Å². The van der Waals surface area contributed by atoms with E-state index < -0.39 is 30.3 Å². The van der Waals surface area contributed by atoms with Crippen LogP contribution < -0.4 is 0 Å². The molecule has 6 nitrogen and oxygen atoms in total. The number of carbonyl (C=O) groups excluding carboxylic acids is 3. The molecule has 17 heavy (non-hydrogen) atoms. The Bertz CT molecular complexity index is 280. The summed E-state index contributed by atoms with van der Waals surface area (Å²) in [7, 11) is 0. The molecule has 0 aromatic rings. The zero-order valence-electron chi connectivity index (χ0n) is 9.84. The highest BCUT2D eigenvalue weighted by atomic mass is 35.5. The number of hydrogen-bond donors (Lipinski definition) is 0. The lowest BCUT2D eigenvalue weighted by Crippen LogP contribution is -2.44. The molecular formula is C10H15ClO6. The van der Waals surface area contributed by atoms with E-state index in [-0.39, 0.29) is 12.4 Å². The van der Waals surface area contributed by atoms with Gasteiger partial charge in [-0.1, -0.05) is 0 Å². The van der Waals surface area contributed by atoms with Gasteiger partial charge in [-0.05, 0) is 6.92 Å². The van der Waals surface area contributed by atoms with Gasteiger partial charge in [0.1, 0.15) is 6.10 Å². The molecule has 0 unspecified atom stereocenters. The molecule has 0 heterocycles. The number of ether oxygens (including phenoxy) is 3. The van der Waals surface area contributed by atoms with Crippen LogP contribution in [0.1, 0.15) is 20.8 Å². The fraction of sp³-hybridized carbons (Fsp3) is 0.700. The van der Waals surface area contributed by atoms with Gasteiger partial charge in [0.2, 0.25) is 0 Å². The summed E-state index contributed by atoms with van der Waals surface area (Å²) in [5, 5.41) is 0. The van der Waals surface area contributed by atoms with Crippen molar-refractivity contribution in [2.45, 2.75) is 39.1 Å². The molecule has 0 amide bonds. The molecule has 0 spiro atoms. The van der Waals surface area contributed by atoms with Crippen LogP contribution in [0.25, 0.3) is 0 Å². The third-order valence-corrected chi connectivity index (χ3v) is 2.17. The lowest BCUT2D eigenvalue weighted by Gasteiger charge is -2.28. The van der Waals surface area contributed by atoms with Crippen molar-refractivity contribution in [1.82, 2.24) is 0 Å². The third kappa shape index (κ3) is 6.11. The topological polar surface area (TPSA) is 78.9 Å². The fourth-order valence-electron chi connectivity index (χ4n) is 1.23. The minimum Gasteiger partial charge on any atom is -0.461 e. The quantitative estimate of drug-likeness (QED) is 0.291. The Morgan fingerprint density at radius 2 is 1.76 bits per heavy atom. The van der Waals surface area contributed by atoms with Crippen LogP contribution in [0.4, 0.5) is 0 Å². The molecule has 0 aromatic heterocycles. The molecule has 98 valence electrons. The molecule has 0 aliphatic heterocycles. The lowest BCUT2D eigenvalue weighted by atomic mass is 10.1. The van der Waals surface area contributed by atoms with Crippen molar-refractivity contribution in [3.63, 3.8) is 0 Å². The van der Waals surface area contributed by atoms with E-state index in [0.29, 0.717) is 0 Å². The van der Waals surface area contributed by atoms with Gasteiger partial charge in [0.05, 0.1) is 5.88 Å². The Labute approximate surface area is 104 Å². The van der Waals surface area contributed by atoms with Crippen molar-refractivity contribution in [2.24, 2.45) is 0 Å². The molecule has 0 N–H and O–H groups in total. The fourth-order valence-corrected chi connectivity index (χ4v) is 1.47. The SMILES string of the molecule is CC(=O)O[C@@H]([C@H](C)OC=O)[C@H](CCl)OC(C)=O. The van der Waals surface area contributed by atoms with Gasteiger partial charge in [0.15, 0.2) is 12.2 Å². The Kier molecular flexibility index (Phi) is 7.29. The van der Waals surface area contributed by atoms with E-state index in [9.17, 15) is 14.4 Å². The van der Waals surface area contributed by atoms with Crippen molar-refractivity contribution in [3.05, 3.63) is 0 Å². The first-order valence-corrected chi connectivity index (χ1v) is 5.45. The summed E-state index contributed by atoms with van der Waals surface area (Å²) in [4.78, 5) is 32.0. The molecule has 0 rings (SSSR count). The van der Waals surface area contributed by atoms with Crippen molar-refractivity contribution in [1.29, 1.82) is 0 Å². The number of halogens is 1. The summed E-state index contributed by atoms with van der Waals surface area (Å²) < 4.78 is 14.5. The summed E-state index contributed by atoms with van der Waals surface area (Å²) >= 11 is 5.62. The van der Waals surface area contributed by atoms with Gasteiger partial charge in [-0.3, -0.25) is 14.4 Å². The minimum atomic E-state index is -0.931. The number of esters is 2. The van der Waals surface area contributed by atoms with E-state index in [1.54, 1.807) is 0 Å². The molecule has 0 aromatic carbocycles. The van der Waals surface area contributed by atoms with Crippen LogP contribution >= 0.6 is 11.6 Å². The zero-order valence-corrected chi connectivity index (χ0v) is 10.6. The number of carbonyl (C=O) groups is 3. The van der Waals surface area contributed by atoms with E-state index >= 15 is 0 Å².